The predicted molar refractivity (Wildman–Crippen MR) is 92.0 cm³/mol. The molecule has 0 aromatic carbocycles. The molecule has 0 saturated heterocycles. The summed E-state index contributed by atoms with van der Waals surface area (Å²) in [6, 6.07) is 0. The molecule has 0 N–H and O–H groups in total. The molecule has 0 atom stereocenters. The number of unbranched alkanes of at least 4 members (excludes halogenated alkanes) is 7. The van der Waals surface area contributed by atoms with E-state index in [2.05, 4.69) is 6.92 Å². The fourth-order valence-electron chi connectivity index (χ4n) is 2.82. The van der Waals surface area contributed by atoms with Gasteiger partial charge in [-0.15, -0.1) is 0 Å². The third kappa shape index (κ3) is 5.51. The lowest BCUT2D eigenvalue weighted by atomic mass is 10.0. The first-order valence-electron chi connectivity index (χ1n) is 8.85. The number of rotatable bonds is 11. The fourth-order valence-corrected chi connectivity index (χ4v) is 2.82. The van der Waals surface area contributed by atoms with Crippen molar-refractivity contribution in [3.05, 3.63) is 27.1 Å². The molecule has 0 fully saturated rings. The number of ether oxygens (including phenoxy) is 1. The monoisotopic (exact) mass is 308 g/mol. The summed E-state index contributed by atoms with van der Waals surface area (Å²) in [5.74, 6) is 1.19. The van der Waals surface area contributed by atoms with Gasteiger partial charge in [-0.05, 0) is 19.8 Å². The lowest BCUT2D eigenvalue weighted by molar-refractivity contribution is 0.276. The van der Waals surface area contributed by atoms with E-state index in [0.717, 1.165) is 24.2 Å². The van der Waals surface area contributed by atoms with E-state index in [4.69, 9.17) is 9.15 Å². The van der Waals surface area contributed by atoms with Gasteiger partial charge in [0.05, 0.1) is 12.7 Å². The average Bonchev–Trinajstić information content (AvgIpc) is 2.53. The van der Waals surface area contributed by atoms with Crippen molar-refractivity contribution < 1.29 is 9.15 Å². The Morgan fingerprint density at radius 2 is 1.55 bits per heavy atom. The molecule has 1 heterocycles. The van der Waals surface area contributed by atoms with Crippen molar-refractivity contribution in [3.8, 4) is 5.95 Å². The molecule has 3 heteroatoms. The Bertz CT molecular complexity index is 488. The zero-order valence-corrected chi connectivity index (χ0v) is 14.8. The molecule has 0 radical (unpaired) electrons. The SMILES string of the molecule is CCCCCCCCCCc1oc(OC)c(CC)c(=O)c1C. The van der Waals surface area contributed by atoms with E-state index in [-0.39, 0.29) is 5.43 Å². The van der Waals surface area contributed by atoms with Gasteiger partial charge in [-0.2, -0.15) is 0 Å². The van der Waals surface area contributed by atoms with Gasteiger partial charge < -0.3 is 9.15 Å². The number of hydrogen-bond donors (Lipinski definition) is 0. The van der Waals surface area contributed by atoms with Crippen molar-refractivity contribution in [3.63, 3.8) is 0 Å². The third-order valence-corrected chi connectivity index (χ3v) is 4.29. The molecule has 0 saturated carbocycles. The molecule has 0 aliphatic heterocycles. The molecular weight excluding hydrogens is 276 g/mol. The Labute approximate surface area is 135 Å². The van der Waals surface area contributed by atoms with Crippen LogP contribution in [0.2, 0.25) is 0 Å². The zero-order chi connectivity index (χ0) is 16.4. The smallest absolute Gasteiger partial charge is 0.291 e. The van der Waals surface area contributed by atoms with Gasteiger partial charge in [0.25, 0.3) is 5.95 Å². The van der Waals surface area contributed by atoms with E-state index < -0.39 is 0 Å². The topological polar surface area (TPSA) is 39.4 Å². The van der Waals surface area contributed by atoms with Crippen molar-refractivity contribution in [1.82, 2.24) is 0 Å². The van der Waals surface area contributed by atoms with Crippen molar-refractivity contribution in [2.45, 2.75) is 85.0 Å². The molecule has 126 valence electrons. The molecule has 0 aliphatic rings. The molecule has 0 unspecified atom stereocenters. The Balaban J connectivity index is 2.46. The Morgan fingerprint density at radius 1 is 0.955 bits per heavy atom. The van der Waals surface area contributed by atoms with Gasteiger partial charge in [-0.25, -0.2) is 0 Å². The lowest BCUT2D eigenvalue weighted by Gasteiger charge is -2.10. The van der Waals surface area contributed by atoms with Crippen LogP contribution in [0, 0.1) is 6.92 Å². The molecule has 1 rings (SSSR count). The minimum Gasteiger partial charge on any atom is -0.468 e. The molecular formula is C19H32O3. The van der Waals surface area contributed by atoms with E-state index in [1.165, 1.54) is 44.9 Å². The van der Waals surface area contributed by atoms with Crippen LogP contribution in [0.4, 0.5) is 0 Å². The minimum absolute atomic E-state index is 0.0835. The summed E-state index contributed by atoms with van der Waals surface area (Å²) in [5, 5.41) is 0. The molecule has 3 nitrogen and oxygen atoms in total. The molecule has 22 heavy (non-hydrogen) atoms. The summed E-state index contributed by atoms with van der Waals surface area (Å²) in [6.07, 6.45) is 11.7. The Morgan fingerprint density at radius 3 is 2.09 bits per heavy atom. The summed E-state index contributed by atoms with van der Waals surface area (Å²) in [6.45, 7) is 6.06. The van der Waals surface area contributed by atoms with E-state index in [9.17, 15) is 4.79 Å². The highest BCUT2D eigenvalue weighted by atomic mass is 16.6. The maximum atomic E-state index is 12.3. The van der Waals surface area contributed by atoms with Crippen LogP contribution in [0.5, 0.6) is 5.95 Å². The quantitative estimate of drug-likeness (QED) is 0.527. The van der Waals surface area contributed by atoms with Crippen molar-refractivity contribution in [2.75, 3.05) is 7.11 Å². The van der Waals surface area contributed by atoms with Crippen LogP contribution in [0.25, 0.3) is 0 Å². The van der Waals surface area contributed by atoms with Crippen LogP contribution >= 0.6 is 0 Å². The van der Waals surface area contributed by atoms with Gasteiger partial charge in [0.15, 0.2) is 5.43 Å². The normalized spacial score (nSPS) is 10.9. The van der Waals surface area contributed by atoms with Gasteiger partial charge in [0, 0.05) is 12.0 Å². The summed E-state index contributed by atoms with van der Waals surface area (Å²) >= 11 is 0. The first-order chi connectivity index (χ1) is 10.7. The zero-order valence-electron chi connectivity index (χ0n) is 14.8. The maximum absolute atomic E-state index is 12.3. The van der Waals surface area contributed by atoms with E-state index in [0.29, 0.717) is 17.9 Å². The summed E-state index contributed by atoms with van der Waals surface area (Å²) in [5.41, 5.74) is 1.49. The maximum Gasteiger partial charge on any atom is 0.291 e. The van der Waals surface area contributed by atoms with Crippen LogP contribution in [0.15, 0.2) is 9.21 Å². The summed E-state index contributed by atoms with van der Waals surface area (Å²) in [4.78, 5) is 12.3. The lowest BCUT2D eigenvalue weighted by Crippen LogP contribution is -2.15. The van der Waals surface area contributed by atoms with E-state index in [1.54, 1.807) is 7.11 Å². The second-order valence-electron chi connectivity index (χ2n) is 6.03. The highest BCUT2D eigenvalue weighted by Crippen LogP contribution is 2.21. The fraction of sp³-hybridized carbons (Fsp3) is 0.737. The van der Waals surface area contributed by atoms with Crippen LogP contribution < -0.4 is 10.2 Å². The van der Waals surface area contributed by atoms with Gasteiger partial charge in [0.1, 0.15) is 5.76 Å². The van der Waals surface area contributed by atoms with Gasteiger partial charge in [0.2, 0.25) is 0 Å². The molecule has 1 aromatic rings. The standard InChI is InChI=1S/C19H32O3/c1-5-7-8-9-10-11-12-13-14-17-15(3)18(20)16(6-2)19(21-4)22-17/h5-14H2,1-4H3. The van der Waals surface area contributed by atoms with Gasteiger partial charge >= 0.3 is 0 Å². The molecule has 0 aliphatic carbocycles. The largest absolute Gasteiger partial charge is 0.468 e. The first kappa shape index (κ1) is 18.8. The second kappa shape index (κ2) is 10.5. The highest BCUT2D eigenvalue weighted by molar-refractivity contribution is 5.30. The van der Waals surface area contributed by atoms with Crippen LogP contribution in [-0.4, -0.2) is 7.11 Å². The van der Waals surface area contributed by atoms with Crippen molar-refractivity contribution in [1.29, 1.82) is 0 Å². The average molecular weight is 308 g/mol. The highest BCUT2D eigenvalue weighted by Gasteiger charge is 2.15. The number of methoxy groups -OCH3 is 1. The minimum atomic E-state index is 0.0835. The van der Waals surface area contributed by atoms with Crippen molar-refractivity contribution in [2.24, 2.45) is 0 Å². The van der Waals surface area contributed by atoms with Crippen LogP contribution in [-0.2, 0) is 12.8 Å². The van der Waals surface area contributed by atoms with E-state index in [1.807, 2.05) is 13.8 Å². The molecule has 0 amide bonds. The second-order valence-corrected chi connectivity index (χ2v) is 6.03. The summed E-state index contributed by atoms with van der Waals surface area (Å²) in [7, 11) is 1.56. The van der Waals surface area contributed by atoms with Gasteiger partial charge in [-0.1, -0.05) is 58.8 Å². The Hall–Kier alpha value is -1.25. The number of aryl methyl sites for hydroxylation is 1. The van der Waals surface area contributed by atoms with Crippen molar-refractivity contribution >= 4 is 0 Å². The predicted octanol–water partition coefficient (Wildman–Crippen LogP) is 5.20. The first-order valence-corrected chi connectivity index (χ1v) is 8.85. The van der Waals surface area contributed by atoms with Crippen LogP contribution in [0.1, 0.15) is 82.1 Å². The number of hydrogen-bond acceptors (Lipinski definition) is 3. The molecule has 1 aromatic heterocycles. The third-order valence-electron chi connectivity index (χ3n) is 4.29. The Kier molecular flexibility index (Phi) is 8.95. The van der Waals surface area contributed by atoms with Gasteiger partial charge in [-0.3, -0.25) is 4.79 Å². The van der Waals surface area contributed by atoms with Crippen LogP contribution in [0.3, 0.4) is 0 Å². The molecule has 0 spiro atoms. The molecule has 0 bridgehead atoms. The van der Waals surface area contributed by atoms with E-state index >= 15 is 0 Å². The summed E-state index contributed by atoms with van der Waals surface area (Å²) < 4.78 is 11.0.